The zero-order valence-electron chi connectivity index (χ0n) is 11.5. The average Bonchev–Trinajstić information content (AvgIpc) is 2.38. The number of nitrogens with zero attached hydrogens (tertiary/aromatic N) is 2. The minimum atomic E-state index is -0.418. The highest BCUT2D eigenvalue weighted by Gasteiger charge is 2.18. The fraction of sp³-hybridized carbons (Fsp3) is 0.538. The molecule has 0 aliphatic rings. The minimum absolute atomic E-state index is 0.0129. The Bertz CT molecular complexity index is 436. The molecule has 0 spiro atoms. The molecule has 6 heteroatoms. The van der Waals surface area contributed by atoms with Gasteiger partial charge >= 0.3 is 0 Å². The summed E-state index contributed by atoms with van der Waals surface area (Å²) in [6.45, 7) is 8.89. The molecule has 1 atom stereocenters. The molecule has 0 heterocycles. The fourth-order valence-corrected chi connectivity index (χ4v) is 2.19. The third kappa shape index (κ3) is 4.36. The van der Waals surface area contributed by atoms with Gasteiger partial charge in [0.2, 0.25) is 0 Å². The molecule has 19 heavy (non-hydrogen) atoms. The summed E-state index contributed by atoms with van der Waals surface area (Å²) < 4.78 is 0. The lowest BCUT2D eigenvalue weighted by atomic mass is 10.2. The first kappa shape index (κ1) is 15.7. The fourth-order valence-electron chi connectivity index (χ4n) is 1.97. The molecule has 0 aliphatic heterocycles. The van der Waals surface area contributed by atoms with Gasteiger partial charge in [0.15, 0.2) is 0 Å². The van der Waals surface area contributed by atoms with Crippen molar-refractivity contribution in [3.05, 3.63) is 33.3 Å². The van der Waals surface area contributed by atoms with E-state index in [2.05, 4.69) is 24.1 Å². The number of hydrogen-bond acceptors (Lipinski definition) is 4. The minimum Gasteiger partial charge on any atom is -0.375 e. The lowest BCUT2D eigenvalue weighted by molar-refractivity contribution is -0.384. The highest BCUT2D eigenvalue weighted by atomic mass is 35.5. The quantitative estimate of drug-likeness (QED) is 0.616. The summed E-state index contributed by atoms with van der Waals surface area (Å²) in [6, 6.07) is 4.78. The van der Waals surface area contributed by atoms with Gasteiger partial charge in [-0.15, -0.1) is 0 Å². The number of anilines is 1. The molecule has 1 rings (SSSR count). The Balaban J connectivity index is 2.84. The van der Waals surface area contributed by atoms with Gasteiger partial charge in [0, 0.05) is 18.7 Å². The monoisotopic (exact) mass is 285 g/mol. The molecule has 1 aromatic rings. The molecule has 1 unspecified atom stereocenters. The molecule has 0 bridgehead atoms. The summed E-state index contributed by atoms with van der Waals surface area (Å²) >= 11 is 6.04. The summed E-state index contributed by atoms with van der Waals surface area (Å²) in [5, 5.41) is 14.5. The van der Waals surface area contributed by atoms with Crippen molar-refractivity contribution in [3.63, 3.8) is 0 Å². The van der Waals surface area contributed by atoms with E-state index in [1.54, 1.807) is 12.1 Å². The zero-order chi connectivity index (χ0) is 14.4. The number of nitrogens with one attached hydrogen (secondary N) is 1. The van der Waals surface area contributed by atoms with Crippen LogP contribution >= 0.6 is 11.6 Å². The van der Waals surface area contributed by atoms with Gasteiger partial charge in [-0.05, 0) is 26.1 Å². The number of nitro groups is 1. The van der Waals surface area contributed by atoms with Gasteiger partial charge in [-0.3, -0.25) is 10.1 Å². The van der Waals surface area contributed by atoms with Crippen molar-refractivity contribution in [2.45, 2.75) is 26.8 Å². The molecule has 0 amide bonds. The van der Waals surface area contributed by atoms with Crippen molar-refractivity contribution >= 4 is 23.0 Å². The van der Waals surface area contributed by atoms with E-state index in [1.807, 2.05) is 6.92 Å². The Kier molecular flexibility index (Phi) is 6.05. The maximum Gasteiger partial charge on any atom is 0.293 e. The summed E-state index contributed by atoms with van der Waals surface area (Å²) in [5.74, 6) is 0. The van der Waals surface area contributed by atoms with Gasteiger partial charge in [-0.2, -0.15) is 0 Å². The molecular weight excluding hydrogens is 266 g/mol. The molecule has 1 N–H and O–H groups in total. The van der Waals surface area contributed by atoms with Crippen molar-refractivity contribution in [2.75, 3.05) is 25.0 Å². The Hall–Kier alpha value is -1.33. The van der Waals surface area contributed by atoms with Gasteiger partial charge in [-0.25, -0.2) is 0 Å². The predicted octanol–water partition coefficient (Wildman–Crippen LogP) is 3.39. The Morgan fingerprint density at radius 3 is 2.58 bits per heavy atom. The molecular formula is C13H20ClN3O2. The van der Waals surface area contributed by atoms with Crippen LogP contribution in [0.15, 0.2) is 18.2 Å². The van der Waals surface area contributed by atoms with Gasteiger partial charge in [0.1, 0.15) is 5.69 Å². The number of hydrogen-bond donors (Lipinski definition) is 1. The highest BCUT2D eigenvalue weighted by molar-refractivity contribution is 6.33. The van der Waals surface area contributed by atoms with Crippen LogP contribution in [0.5, 0.6) is 0 Å². The topological polar surface area (TPSA) is 58.4 Å². The molecule has 0 radical (unpaired) electrons. The second-order valence-electron chi connectivity index (χ2n) is 4.42. The molecule has 0 aliphatic carbocycles. The first-order valence-electron chi connectivity index (χ1n) is 6.41. The highest BCUT2D eigenvalue weighted by Crippen LogP contribution is 2.32. The van der Waals surface area contributed by atoms with Crippen molar-refractivity contribution < 1.29 is 4.92 Å². The van der Waals surface area contributed by atoms with Crippen LogP contribution in [0.4, 0.5) is 11.4 Å². The number of benzene rings is 1. The molecule has 1 aromatic carbocycles. The molecule has 0 aromatic heterocycles. The third-order valence-corrected chi connectivity index (χ3v) is 3.32. The Labute approximate surface area is 118 Å². The number of halogens is 1. The molecule has 0 saturated heterocycles. The van der Waals surface area contributed by atoms with Crippen LogP contribution in [0.1, 0.15) is 20.8 Å². The smallest absolute Gasteiger partial charge is 0.293 e. The standard InChI is InChI=1S/C13H20ClN3O2/c1-4-16(5-2)9-10(3)15-13-11(14)7-6-8-12(13)17(18)19/h6-8,10,15H,4-5,9H2,1-3H3. The van der Waals surface area contributed by atoms with Crippen LogP contribution in [0.25, 0.3) is 0 Å². The lowest BCUT2D eigenvalue weighted by Gasteiger charge is -2.24. The summed E-state index contributed by atoms with van der Waals surface area (Å²) in [5.41, 5.74) is 0.410. The van der Waals surface area contributed by atoms with Crippen LogP contribution in [-0.2, 0) is 0 Å². The van der Waals surface area contributed by atoms with Crippen molar-refractivity contribution in [1.82, 2.24) is 4.90 Å². The average molecular weight is 286 g/mol. The first-order valence-corrected chi connectivity index (χ1v) is 6.79. The zero-order valence-corrected chi connectivity index (χ0v) is 12.3. The number of para-hydroxylation sites is 1. The normalized spacial score (nSPS) is 12.5. The maximum absolute atomic E-state index is 11.0. The van der Waals surface area contributed by atoms with E-state index >= 15 is 0 Å². The van der Waals surface area contributed by atoms with Crippen LogP contribution in [0, 0.1) is 10.1 Å². The first-order chi connectivity index (χ1) is 8.99. The maximum atomic E-state index is 11.0. The van der Waals surface area contributed by atoms with E-state index < -0.39 is 4.92 Å². The molecule has 0 fully saturated rings. The van der Waals surface area contributed by atoms with Crippen LogP contribution in [0.3, 0.4) is 0 Å². The van der Waals surface area contributed by atoms with Gasteiger partial charge < -0.3 is 10.2 Å². The molecule has 5 nitrogen and oxygen atoms in total. The van der Waals surface area contributed by atoms with E-state index in [1.165, 1.54) is 6.07 Å². The molecule has 0 saturated carbocycles. The number of nitro benzene ring substituents is 1. The van der Waals surface area contributed by atoms with E-state index in [0.717, 1.165) is 19.6 Å². The Morgan fingerprint density at radius 1 is 1.42 bits per heavy atom. The van der Waals surface area contributed by atoms with Gasteiger partial charge in [0.25, 0.3) is 5.69 Å². The van der Waals surface area contributed by atoms with Gasteiger partial charge in [0.05, 0.1) is 9.95 Å². The molecule has 106 valence electrons. The summed E-state index contributed by atoms with van der Waals surface area (Å²) in [6.07, 6.45) is 0. The second kappa shape index (κ2) is 7.31. The van der Waals surface area contributed by atoms with E-state index in [9.17, 15) is 10.1 Å². The van der Waals surface area contributed by atoms with E-state index in [0.29, 0.717) is 10.7 Å². The number of rotatable bonds is 7. The van der Waals surface area contributed by atoms with Crippen LogP contribution < -0.4 is 5.32 Å². The summed E-state index contributed by atoms with van der Waals surface area (Å²) in [4.78, 5) is 12.8. The van der Waals surface area contributed by atoms with E-state index in [4.69, 9.17) is 11.6 Å². The van der Waals surface area contributed by atoms with Crippen molar-refractivity contribution in [3.8, 4) is 0 Å². The van der Waals surface area contributed by atoms with E-state index in [-0.39, 0.29) is 11.7 Å². The van der Waals surface area contributed by atoms with Crippen LogP contribution in [0.2, 0.25) is 5.02 Å². The third-order valence-electron chi connectivity index (χ3n) is 3.01. The van der Waals surface area contributed by atoms with Crippen molar-refractivity contribution in [2.24, 2.45) is 0 Å². The lowest BCUT2D eigenvalue weighted by Crippen LogP contribution is -2.34. The second-order valence-corrected chi connectivity index (χ2v) is 4.83. The summed E-state index contributed by atoms with van der Waals surface area (Å²) in [7, 11) is 0. The Morgan fingerprint density at radius 2 is 2.05 bits per heavy atom. The largest absolute Gasteiger partial charge is 0.375 e. The predicted molar refractivity (Wildman–Crippen MR) is 79.0 cm³/mol. The van der Waals surface area contributed by atoms with Crippen LogP contribution in [-0.4, -0.2) is 35.5 Å². The SMILES string of the molecule is CCN(CC)CC(C)Nc1c(Cl)cccc1[N+](=O)[O-]. The van der Waals surface area contributed by atoms with Gasteiger partial charge in [-0.1, -0.05) is 31.5 Å². The van der Waals surface area contributed by atoms with Crippen molar-refractivity contribution in [1.29, 1.82) is 0 Å². The number of likely N-dealkylation sites (N-methyl/N-ethyl adjacent to an activating group) is 1.